The molecule has 0 saturated carbocycles. The lowest BCUT2D eigenvalue weighted by Crippen LogP contribution is -2.41. The van der Waals surface area contributed by atoms with E-state index >= 15 is 0 Å². The lowest BCUT2D eigenvalue weighted by molar-refractivity contribution is 0.186. The highest BCUT2D eigenvalue weighted by Crippen LogP contribution is 2.13. The van der Waals surface area contributed by atoms with Gasteiger partial charge in [-0.3, -0.25) is 0 Å². The van der Waals surface area contributed by atoms with Crippen LogP contribution in [0, 0.1) is 5.41 Å². The monoisotopic (exact) mass is 228 g/mol. The summed E-state index contributed by atoms with van der Waals surface area (Å²) in [5.74, 6) is 0. The fourth-order valence-corrected chi connectivity index (χ4v) is 1.89. The molecule has 3 N–H and O–H groups in total. The molecule has 5 heteroatoms. The lowest BCUT2D eigenvalue weighted by Gasteiger charge is -2.29. The summed E-state index contributed by atoms with van der Waals surface area (Å²) >= 11 is 0. The number of nitrogens with one attached hydrogen (secondary N) is 1. The normalized spacial score (nSPS) is 17.1. The first kappa shape index (κ1) is 13.3. The van der Waals surface area contributed by atoms with Crippen LogP contribution in [0.1, 0.15) is 13.8 Å². The van der Waals surface area contributed by atoms with E-state index in [-0.39, 0.29) is 11.4 Å². The molecule has 2 amide bonds. The summed E-state index contributed by atoms with van der Waals surface area (Å²) in [6.45, 7) is 9.25. The Morgan fingerprint density at radius 1 is 1.56 bits per heavy atom. The number of urea groups is 1. The number of amides is 2. The smallest absolute Gasteiger partial charge is 0.317 e. The van der Waals surface area contributed by atoms with Crippen molar-refractivity contribution in [1.29, 1.82) is 0 Å². The SMILES string of the molecule is CN(CCN1CCNC1=O)CC(C)(C)CN. The largest absolute Gasteiger partial charge is 0.336 e. The van der Waals surface area contributed by atoms with Crippen LogP contribution in [0.3, 0.4) is 0 Å². The van der Waals surface area contributed by atoms with E-state index in [9.17, 15) is 4.79 Å². The van der Waals surface area contributed by atoms with Gasteiger partial charge < -0.3 is 20.9 Å². The number of hydrogen-bond acceptors (Lipinski definition) is 3. The molecule has 5 nitrogen and oxygen atoms in total. The van der Waals surface area contributed by atoms with E-state index in [0.717, 1.165) is 32.7 Å². The number of carbonyl (C=O) groups excluding carboxylic acids is 1. The number of rotatable bonds is 6. The lowest BCUT2D eigenvalue weighted by atomic mass is 9.93. The fourth-order valence-electron chi connectivity index (χ4n) is 1.89. The van der Waals surface area contributed by atoms with Gasteiger partial charge in [0.05, 0.1) is 0 Å². The van der Waals surface area contributed by atoms with Gasteiger partial charge in [-0.25, -0.2) is 4.79 Å². The van der Waals surface area contributed by atoms with Crippen LogP contribution < -0.4 is 11.1 Å². The van der Waals surface area contributed by atoms with E-state index in [1.165, 1.54) is 0 Å². The predicted octanol–water partition coefficient (Wildman–Crippen LogP) is -0.0717. The van der Waals surface area contributed by atoms with Crippen molar-refractivity contribution in [1.82, 2.24) is 15.1 Å². The van der Waals surface area contributed by atoms with Gasteiger partial charge in [-0.05, 0) is 19.0 Å². The highest BCUT2D eigenvalue weighted by molar-refractivity contribution is 5.76. The molecule has 1 heterocycles. The first-order chi connectivity index (χ1) is 7.44. The van der Waals surface area contributed by atoms with Crippen molar-refractivity contribution in [3.8, 4) is 0 Å². The van der Waals surface area contributed by atoms with E-state index in [2.05, 4.69) is 31.1 Å². The summed E-state index contributed by atoms with van der Waals surface area (Å²) < 4.78 is 0. The fraction of sp³-hybridized carbons (Fsp3) is 0.909. The van der Waals surface area contributed by atoms with Crippen LogP contribution in [0.4, 0.5) is 4.79 Å². The number of nitrogens with two attached hydrogens (primary N) is 1. The van der Waals surface area contributed by atoms with Gasteiger partial charge in [-0.15, -0.1) is 0 Å². The molecule has 1 fully saturated rings. The Balaban J connectivity index is 2.24. The third-order valence-electron chi connectivity index (χ3n) is 2.95. The molecule has 0 aromatic heterocycles. The Morgan fingerprint density at radius 3 is 2.75 bits per heavy atom. The molecule has 0 aliphatic carbocycles. The van der Waals surface area contributed by atoms with E-state index < -0.39 is 0 Å². The van der Waals surface area contributed by atoms with Gasteiger partial charge in [0.1, 0.15) is 0 Å². The molecule has 0 aromatic rings. The first-order valence-corrected chi connectivity index (χ1v) is 5.86. The maximum atomic E-state index is 11.3. The number of likely N-dealkylation sites (N-methyl/N-ethyl adjacent to an activating group) is 1. The Bertz CT molecular complexity index is 242. The molecule has 0 unspecified atom stereocenters. The Hall–Kier alpha value is -0.810. The van der Waals surface area contributed by atoms with Crippen molar-refractivity contribution in [2.75, 3.05) is 46.3 Å². The molecule has 1 rings (SSSR count). The minimum absolute atomic E-state index is 0.0616. The van der Waals surface area contributed by atoms with Crippen LogP contribution in [0.2, 0.25) is 0 Å². The summed E-state index contributed by atoms with van der Waals surface area (Å²) in [6, 6.07) is 0.0616. The zero-order valence-corrected chi connectivity index (χ0v) is 10.6. The van der Waals surface area contributed by atoms with Crippen molar-refractivity contribution in [2.45, 2.75) is 13.8 Å². The van der Waals surface area contributed by atoms with Gasteiger partial charge >= 0.3 is 6.03 Å². The third-order valence-corrected chi connectivity index (χ3v) is 2.95. The van der Waals surface area contributed by atoms with Crippen LogP contribution in [0.25, 0.3) is 0 Å². The summed E-state index contributed by atoms with van der Waals surface area (Å²) in [6.07, 6.45) is 0. The second-order valence-electron chi connectivity index (χ2n) is 5.33. The average Bonchev–Trinajstić information content (AvgIpc) is 2.60. The maximum absolute atomic E-state index is 11.3. The molecule has 94 valence electrons. The number of nitrogens with zero attached hydrogens (tertiary/aromatic N) is 2. The highest BCUT2D eigenvalue weighted by atomic mass is 16.2. The van der Waals surface area contributed by atoms with Gasteiger partial charge in [0.25, 0.3) is 0 Å². The highest BCUT2D eigenvalue weighted by Gasteiger charge is 2.21. The van der Waals surface area contributed by atoms with E-state index in [4.69, 9.17) is 5.73 Å². The summed E-state index contributed by atoms with van der Waals surface area (Å²) in [7, 11) is 2.07. The van der Waals surface area contributed by atoms with Crippen LogP contribution in [-0.2, 0) is 0 Å². The number of hydrogen-bond donors (Lipinski definition) is 2. The first-order valence-electron chi connectivity index (χ1n) is 5.86. The Labute approximate surface area is 98.0 Å². The van der Waals surface area contributed by atoms with E-state index in [1.54, 1.807) is 0 Å². The minimum Gasteiger partial charge on any atom is -0.336 e. The van der Waals surface area contributed by atoms with Gasteiger partial charge in [-0.1, -0.05) is 13.8 Å². The summed E-state index contributed by atoms with van der Waals surface area (Å²) in [4.78, 5) is 15.4. The maximum Gasteiger partial charge on any atom is 0.317 e. The van der Waals surface area contributed by atoms with Gasteiger partial charge in [0, 0.05) is 32.7 Å². The Morgan fingerprint density at radius 2 is 2.25 bits per heavy atom. The molecule has 0 spiro atoms. The quantitative estimate of drug-likeness (QED) is 0.669. The second-order valence-corrected chi connectivity index (χ2v) is 5.33. The van der Waals surface area contributed by atoms with Crippen molar-refractivity contribution in [2.24, 2.45) is 11.1 Å². The molecule has 0 bridgehead atoms. The van der Waals surface area contributed by atoms with Gasteiger partial charge in [0.2, 0.25) is 0 Å². The van der Waals surface area contributed by atoms with Crippen molar-refractivity contribution in [3.05, 3.63) is 0 Å². The summed E-state index contributed by atoms with van der Waals surface area (Å²) in [5.41, 5.74) is 5.83. The Kier molecular flexibility index (Phi) is 4.56. The van der Waals surface area contributed by atoms with Crippen molar-refractivity contribution >= 4 is 6.03 Å². The van der Waals surface area contributed by atoms with Crippen molar-refractivity contribution in [3.63, 3.8) is 0 Å². The van der Waals surface area contributed by atoms with Crippen LogP contribution in [0.5, 0.6) is 0 Å². The van der Waals surface area contributed by atoms with E-state index in [0.29, 0.717) is 6.54 Å². The third kappa shape index (κ3) is 3.98. The topological polar surface area (TPSA) is 61.6 Å². The van der Waals surface area contributed by atoms with E-state index in [1.807, 2.05) is 4.90 Å². The molecule has 16 heavy (non-hydrogen) atoms. The number of carbonyl (C=O) groups is 1. The molecule has 0 aromatic carbocycles. The molecule has 1 saturated heterocycles. The van der Waals surface area contributed by atoms with Crippen molar-refractivity contribution < 1.29 is 4.79 Å². The zero-order valence-electron chi connectivity index (χ0n) is 10.6. The predicted molar refractivity (Wildman–Crippen MR) is 65.3 cm³/mol. The standard InChI is InChI=1S/C11H24N4O/c1-11(2,8-12)9-14(3)6-7-15-5-4-13-10(15)16/h4-9,12H2,1-3H3,(H,13,16). The van der Waals surface area contributed by atoms with Gasteiger partial charge in [-0.2, -0.15) is 0 Å². The summed E-state index contributed by atoms with van der Waals surface area (Å²) in [5, 5.41) is 2.80. The van der Waals surface area contributed by atoms with Crippen LogP contribution >= 0.6 is 0 Å². The minimum atomic E-state index is 0.0616. The molecule has 0 radical (unpaired) electrons. The van der Waals surface area contributed by atoms with Crippen LogP contribution in [-0.4, -0.2) is 62.1 Å². The molecular weight excluding hydrogens is 204 g/mol. The van der Waals surface area contributed by atoms with Crippen LogP contribution in [0.15, 0.2) is 0 Å². The molecule has 1 aliphatic heterocycles. The molecule has 1 aliphatic rings. The average molecular weight is 228 g/mol. The molecular formula is C11H24N4O. The second kappa shape index (κ2) is 5.50. The van der Waals surface area contributed by atoms with Gasteiger partial charge in [0.15, 0.2) is 0 Å². The molecule has 0 atom stereocenters. The zero-order chi connectivity index (χ0) is 12.2.